The average molecular weight is 2000 g/mol. The summed E-state index contributed by atoms with van der Waals surface area (Å²) < 4.78 is 66.7. The Morgan fingerprint density at radius 1 is 0.317 bits per heavy atom. The molecule has 142 heavy (non-hydrogen) atoms. The number of nitrogens with two attached hydrogens (primary N) is 5. The number of ether oxygens (including phenoxy) is 12. The third kappa shape index (κ3) is 56.6. The van der Waals surface area contributed by atoms with Crippen molar-refractivity contribution in [3.63, 3.8) is 0 Å². The van der Waals surface area contributed by atoms with E-state index < -0.39 is 144 Å². The lowest BCUT2D eigenvalue weighted by Gasteiger charge is -2.29. The van der Waals surface area contributed by atoms with Crippen molar-refractivity contribution < 1.29 is 110 Å². The van der Waals surface area contributed by atoms with Gasteiger partial charge < -0.3 is 160 Å². The molecule has 4 aromatic rings. The number of guanidine groups is 4. The number of benzene rings is 4. The molecular weight excluding hydrogens is 1850 g/mol. The maximum atomic E-state index is 15.4. The van der Waals surface area contributed by atoms with E-state index in [4.69, 9.17) is 113 Å². The van der Waals surface area contributed by atoms with Crippen LogP contribution in [-0.4, -0.2) is 341 Å². The first-order valence-electron chi connectivity index (χ1n) is 47.9. The summed E-state index contributed by atoms with van der Waals surface area (Å²) in [4.78, 5) is 162. The number of hydrogen-bond acceptors (Lipinski definition) is 28. The molecule has 9 atom stereocenters. The van der Waals surface area contributed by atoms with Gasteiger partial charge in [-0.2, -0.15) is 0 Å². The summed E-state index contributed by atoms with van der Waals surface area (Å²) in [6.45, 7) is 8.08. The Hall–Kier alpha value is -12.8. The van der Waals surface area contributed by atoms with E-state index in [9.17, 15) is 14.4 Å². The molecule has 28 N–H and O–H groups in total. The summed E-state index contributed by atoms with van der Waals surface area (Å²) >= 11 is 0. The molecular formula is C93H148N26O23. The molecule has 0 saturated carbocycles. The molecule has 0 bridgehead atoms. The molecule has 0 radical (unpaired) electrons. The Bertz CT molecular complexity index is 4460. The van der Waals surface area contributed by atoms with E-state index in [1.54, 1.807) is 66.7 Å². The van der Waals surface area contributed by atoms with Gasteiger partial charge in [0, 0.05) is 76.3 Å². The number of carbonyl (C=O) groups is 11. The molecule has 1 saturated heterocycles. The van der Waals surface area contributed by atoms with Gasteiger partial charge in [-0.3, -0.25) is 74.4 Å². The summed E-state index contributed by atoms with van der Waals surface area (Å²) in [5, 5.41) is 74.6. The topological polar surface area (TPSA) is 741 Å². The fourth-order valence-corrected chi connectivity index (χ4v) is 14.0. The number of carbonyl (C=O) groups excluding carboxylic acids is 11. The second kappa shape index (κ2) is 75.1. The van der Waals surface area contributed by atoms with E-state index >= 15 is 38.4 Å². The van der Waals surface area contributed by atoms with Crippen molar-refractivity contribution in [3.8, 4) is 0 Å². The van der Waals surface area contributed by atoms with E-state index in [1.165, 1.54) is 0 Å². The van der Waals surface area contributed by atoms with Crippen molar-refractivity contribution in [2.45, 2.75) is 164 Å². The predicted molar refractivity (Wildman–Crippen MR) is 526 cm³/mol. The first kappa shape index (κ1) is 120. The van der Waals surface area contributed by atoms with Crippen LogP contribution < -0.4 is 103 Å². The smallest absolute Gasteiger partial charge is 0.243 e. The first-order valence-corrected chi connectivity index (χ1v) is 47.9. The number of nitrogens with one attached hydrogen (secondary N) is 18. The fourth-order valence-electron chi connectivity index (χ4n) is 14.0. The van der Waals surface area contributed by atoms with Crippen LogP contribution in [0.5, 0.6) is 0 Å². The second-order valence-corrected chi connectivity index (χ2v) is 32.6. The highest BCUT2D eigenvalue weighted by Crippen LogP contribution is 2.19. The zero-order chi connectivity index (χ0) is 103. The van der Waals surface area contributed by atoms with Gasteiger partial charge >= 0.3 is 0 Å². The van der Waals surface area contributed by atoms with Crippen LogP contribution in [0.25, 0.3) is 21.2 Å². The van der Waals surface area contributed by atoms with Crippen molar-refractivity contribution >= 4 is 99.6 Å². The van der Waals surface area contributed by atoms with Gasteiger partial charge in [-0.15, -0.1) is 0 Å². The van der Waals surface area contributed by atoms with Crippen molar-refractivity contribution in [1.82, 2.24) is 74.4 Å². The SMILES string of the molecule is [N-]=[N+]=NCCCC[C@H](NC(=O)CCOCCOCCOCCOCCOCCOCCOCCOCCOCCOCCOCCOCCNC(=O)CC[C@@H]1NC(=O)[C@@H](CCCNC(=N)N)NC(=O)[C@H](CCCNC(=N)N)NC(=O)[C@@H](CCCNC(=N)N)NC(=O)[C@H](CCCNC(=N)N)NC(=O)[C@H](Cc2ccc3ccccc3c2)NC(=O)[C@@H](Cc2ccccc2)NC(=O)[C@H](Cc2ccccc2)NC1=O)C(N)=O. The molecule has 5 rings (SSSR count). The van der Waals surface area contributed by atoms with Crippen LogP contribution in [0.15, 0.2) is 108 Å². The van der Waals surface area contributed by atoms with Crippen LogP contribution >= 0.6 is 0 Å². The molecule has 0 aliphatic carbocycles. The van der Waals surface area contributed by atoms with E-state index in [1.807, 2.05) is 36.4 Å². The van der Waals surface area contributed by atoms with Gasteiger partial charge in [-0.25, -0.2) is 0 Å². The second-order valence-electron chi connectivity index (χ2n) is 32.6. The number of hydrogen-bond donors (Lipinski definition) is 23. The zero-order valence-electron chi connectivity index (χ0n) is 80.9. The van der Waals surface area contributed by atoms with Crippen LogP contribution in [0.3, 0.4) is 0 Å². The molecule has 11 amide bonds. The summed E-state index contributed by atoms with van der Waals surface area (Å²) in [5.74, 6) is -10.5. The third-order valence-electron chi connectivity index (χ3n) is 21.4. The van der Waals surface area contributed by atoms with E-state index in [-0.39, 0.29) is 168 Å². The molecule has 0 aromatic heterocycles. The van der Waals surface area contributed by atoms with E-state index in [2.05, 4.69) is 84.5 Å². The number of azide groups is 1. The summed E-state index contributed by atoms with van der Waals surface area (Å²) in [7, 11) is 0. The Balaban J connectivity index is 1.14. The van der Waals surface area contributed by atoms with Gasteiger partial charge in [0.15, 0.2) is 23.8 Å². The van der Waals surface area contributed by atoms with Gasteiger partial charge in [0.25, 0.3) is 0 Å². The Kier molecular flexibility index (Phi) is 63.3. The van der Waals surface area contributed by atoms with Crippen molar-refractivity contribution in [2.24, 2.45) is 33.8 Å². The lowest BCUT2D eigenvalue weighted by molar-refractivity contribution is -0.137. The maximum Gasteiger partial charge on any atom is 0.243 e. The van der Waals surface area contributed by atoms with Gasteiger partial charge in [0.1, 0.15) is 54.4 Å². The molecule has 1 aliphatic heterocycles. The van der Waals surface area contributed by atoms with Crippen LogP contribution in [0.2, 0.25) is 0 Å². The molecule has 0 unspecified atom stereocenters. The molecule has 4 aromatic carbocycles. The minimum atomic E-state index is -1.66. The molecule has 1 fully saturated rings. The predicted octanol–water partition coefficient (Wildman–Crippen LogP) is -2.25. The maximum absolute atomic E-state index is 15.4. The molecule has 788 valence electrons. The zero-order valence-corrected chi connectivity index (χ0v) is 80.9. The fraction of sp³-hybridized carbons (Fsp3) is 0.602. The van der Waals surface area contributed by atoms with Crippen molar-refractivity contribution in [1.29, 1.82) is 21.6 Å². The molecule has 49 nitrogen and oxygen atoms in total. The van der Waals surface area contributed by atoms with E-state index in [0.717, 1.165) is 10.8 Å². The van der Waals surface area contributed by atoms with Crippen LogP contribution in [-0.2, 0) is 129 Å². The van der Waals surface area contributed by atoms with E-state index in [0.29, 0.717) is 155 Å². The molecule has 0 spiro atoms. The molecule has 1 heterocycles. The average Bonchev–Trinajstić information content (AvgIpc) is 0.822. The minimum absolute atomic E-state index is 0.00392. The highest BCUT2D eigenvalue weighted by molar-refractivity contribution is 6.00. The molecule has 49 heteroatoms. The first-order chi connectivity index (χ1) is 68.8. The lowest BCUT2D eigenvalue weighted by atomic mass is 9.99. The Labute approximate surface area is 827 Å². The van der Waals surface area contributed by atoms with Crippen LogP contribution in [0.1, 0.15) is 107 Å². The van der Waals surface area contributed by atoms with Gasteiger partial charge in [0.05, 0.1) is 159 Å². The number of unbranched alkanes of at least 4 members (excludes halogenated alkanes) is 1. The number of rotatable bonds is 71. The standard InChI is InChI=1S/C93H148N26O23/c94-81(122)70(21-9-10-35-109-119-103)110-80(121)30-37-131-39-41-133-43-45-135-47-49-137-51-53-139-55-57-141-59-60-142-58-56-140-54-52-138-50-48-136-46-44-134-42-40-132-38-36-104-79(120)29-28-75-86(127)116-76(62-65-15-3-1-4-16-65)88(129)117-77(63-66-17-5-2-6-18-66)89(130)118-78(64-67-26-27-68-19-7-8-20-69(68)61-67)87(128)114-74(25-14-34-108-93(101)102)84(125)112-72(23-12-32-106-91(97)98)82(123)111-71(22-11-31-105-90(95)96)83(124)113-73(85(126)115-75)24-13-33-107-92(99)100/h1-8,15-20,26-27,61,70-78H,9-14,21-25,28-60,62-64H2,(H2,94,122)(H,104,120)(H,110,121)(H,111,123)(H,112,125)(H,113,124)(H,114,128)(H,115,126)(H,116,127)(H,117,129)(H,118,130)(H4,95,96,105)(H4,97,98,106)(H4,99,100,107)(H4,101,102,108)/t70-,71-,72+,73+,74-,75-,76-,77+,78-/m0/s1. The summed E-state index contributed by atoms with van der Waals surface area (Å²) in [6.07, 6.45) is -0.255. The van der Waals surface area contributed by atoms with Crippen molar-refractivity contribution in [2.75, 3.05) is 198 Å². The highest BCUT2D eigenvalue weighted by atomic mass is 16.6. The van der Waals surface area contributed by atoms with Crippen LogP contribution in [0.4, 0.5) is 0 Å². The minimum Gasteiger partial charge on any atom is -0.379 e. The monoisotopic (exact) mass is 2000 g/mol. The summed E-state index contributed by atoms with van der Waals surface area (Å²) in [5.41, 5.74) is 37.9. The van der Waals surface area contributed by atoms with Gasteiger partial charge in [0.2, 0.25) is 65.0 Å². The van der Waals surface area contributed by atoms with Gasteiger partial charge in [-0.1, -0.05) is 115 Å². The van der Waals surface area contributed by atoms with Crippen molar-refractivity contribution in [3.05, 3.63) is 130 Å². The number of primary amides is 1. The van der Waals surface area contributed by atoms with Gasteiger partial charge in [-0.05, 0) is 104 Å². The normalized spacial score (nSPS) is 17.6. The Morgan fingerprint density at radius 3 is 0.930 bits per heavy atom. The molecule has 1 aliphatic rings. The number of amides is 11. The highest BCUT2D eigenvalue weighted by Gasteiger charge is 2.37. The lowest BCUT2D eigenvalue weighted by Crippen LogP contribution is -2.62. The Morgan fingerprint density at radius 2 is 0.606 bits per heavy atom. The summed E-state index contributed by atoms with van der Waals surface area (Å²) in [6, 6.07) is 17.0. The third-order valence-corrected chi connectivity index (χ3v) is 21.4. The quantitative estimate of drug-likeness (QED) is 0.00554. The largest absolute Gasteiger partial charge is 0.379 e. The van der Waals surface area contributed by atoms with Crippen LogP contribution in [0, 0.1) is 21.6 Å². The number of fused-ring (bicyclic) bond motifs is 1. The number of nitrogens with zero attached hydrogens (tertiary/aromatic N) is 3.